The molecule has 1 amide bonds. The molecule has 1 aromatic carbocycles. The van der Waals surface area contributed by atoms with Gasteiger partial charge in [0, 0.05) is 24.4 Å². The molecule has 0 radical (unpaired) electrons. The number of carbonyl (C=O) groups is 1. The molecule has 1 saturated carbocycles. The van der Waals surface area contributed by atoms with Crippen LogP contribution in [-0.4, -0.2) is 21.7 Å². The maximum absolute atomic E-state index is 12.5. The molecule has 22 heavy (non-hydrogen) atoms. The number of carbonyl (C=O) groups excluding carboxylic acids is 1. The van der Waals surface area contributed by atoms with Gasteiger partial charge in [-0.15, -0.1) is 0 Å². The Labute approximate surface area is 131 Å². The minimum atomic E-state index is -0.0531. The molecular formula is C18H23N3O. The molecular weight excluding hydrogens is 274 g/mol. The van der Waals surface area contributed by atoms with Gasteiger partial charge in [-0.3, -0.25) is 9.48 Å². The number of aryl methyl sites for hydroxylation is 1. The van der Waals surface area contributed by atoms with Gasteiger partial charge in [-0.05, 0) is 18.1 Å². The zero-order chi connectivity index (χ0) is 15.9. The first-order chi connectivity index (χ1) is 10.4. The van der Waals surface area contributed by atoms with Crippen molar-refractivity contribution < 1.29 is 4.79 Å². The second-order valence-electron chi connectivity index (χ2n) is 7.12. The third-order valence-electron chi connectivity index (χ3n) is 4.22. The van der Waals surface area contributed by atoms with E-state index in [9.17, 15) is 4.79 Å². The average Bonchev–Trinajstić information content (AvgIpc) is 3.10. The highest BCUT2D eigenvalue weighted by molar-refractivity contribution is 5.93. The van der Waals surface area contributed by atoms with Crippen LogP contribution < -0.4 is 5.32 Å². The normalized spacial score (nSPS) is 20.7. The predicted octanol–water partition coefficient (Wildman–Crippen LogP) is 3.00. The molecule has 1 aliphatic carbocycles. The van der Waals surface area contributed by atoms with Gasteiger partial charge in [-0.2, -0.15) is 5.10 Å². The Morgan fingerprint density at radius 1 is 1.27 bits per heavy atom. The number of nitrogens with one attached hydrogen (secondary N) is 1. The van der Waals surface area contributed by atoms with Crippen molar-refractivity contribution in [2.24, 2.45) is 7.05 Å². The highest BCUT2D eigenvalue weighted by Gasteiger charge is 2.39. The molecule has 0 aliphatic heterocycles. The van der Waals surface area contributed by atoms with Crippen LogP contribution in [0.4, 0.5) is 0 Å². The van der Waals surface area contributed by atoms with E-state index in [1.165, 1.54) is 5.56 Å². The van der Waals surface area contributed by atoms with Crippen LogP contribution in [0.3, 0.4) is 0 Å². The lowest BCUT2D eigenvalue weighted by molar-refractivity contribution is 0.0941. The van der Waals surface area contributed by atoms with Gasteiger partial charge in [-0.1, -0.05) is 51.1 Å². The number of nitrogens with zero attached hydrogens (tertiary/aromatic N) is 2. The summed E-state index contributed by atoms with van der Waals surface area (Å²) in [6.45, 7) is 6.30. The molecule has 1 heterocycles. The minimum Gasteiger partial charge on any atom is -0.347 e. The molecule has 1 aromatic heterocycles. The fourth-order valence-electron chi connectivity index (χ4n) is 2.71. The van der Waals surface area contributed by atoms with Crippen molar-refractivity contribution in [3.8, 4) is 0 Å². The van der Waals surface area contributed by atoms with Crippen molar-refractivity contribution in [3.63, 3.8) is 0 Å². The number of aromatic nitrogens is 2. The predicted molar refractivity (Wildman–Crippen MR) is 87.0 cm³/mol. The number of rotatable bonds is 3. The van der Waals surface area contributed by atoms with Gasteiger partial charge < -0.3 is 5.32 Å². The fraction of sp³-hybridized carbons (Fsp3) is 0.444. The first-order valence-corrected chi connectivity index (χ1v) is 7.76. The lowest BCUT2D eigenvalue weighted by Crippen LogP contribution is -2.28. The van der Waals surface area contributed by atoms with Crippen LogP contribution in [0.1, 0.15) is 54.9 Å². The summed E-state index contributed by atoms with van der Waals surface area (Å²) in [5.74, 6) is 0.411. The third-order valence-corrected chi connectivity index (χ3v) is 4.22. The summed E-state index contributed by atoms with van der Waals surface area (Å²) in [5, 5.41) is 7.59. The van der Waals surface area contributed by atoms with Gasteiger partial charge >= 0.3 is 0 Å². The van der Waals surface area contributed by atoms with Crippen LogP contribution in [-0.2, 0) is 12.5 Å². The summed E-state index contributed by atoms with van der Waals surface area (Å²) in [6, 6.07) is 12.5. The summed E-state index contributed by atoms with van der Waals surface area (Å²) in [6.07, 6.45) is 1.01. The van der Waals surface area contributed by atoms with E-state index in [0.717, 1.165) is 12.1 Å². The van der Waals surface area contributed by atoms with Gasteiger partial charge in [-0.25, -0.2) is 0 Å². The van der Waals surface area contributed by atoms with Crippen molar-refractivity contribution in [1.29, 1.82) is 0 Å². The van der Waals surface area contributed by atoms with Gasteiger partial charge in [0.05, 0.1) is 5.69 Å². The van der Waals surface area contributed by atoms with Gasteiger partial charge in [0.15, 0.2) is 0 Å². The lowest BCUT2D eigenvalue weighted by atomic mass is 9.92. The van der Waals surface area contributed by atoms with Crippen molar-refractivity contribution in [1.82, 2.24) is 15.1 Å². The zero-order valence-electron chi connectivity index (χ0n) is 13.6. The number of benzene rings is 1. The molecule has 2 aromatic rings. The molecule has 4 heteroatoms. The summed E-state index contributed by atoms with van der Waals surface area (Å²) in [5.41, 5.74) is 2.81. The maximum atomic E-state index is 12.5. The Morgan fingerprint density at radius 2 is 1.95 bits per heavy atom. The molecule has 3 rings (SSSR count). The smallest absolute Gasteiger partial charge is 0.269 e. The molecule has 0 saturated heterocycles. The molecule has 1 fully saturated rings. The number of hydrogen-bond acceptors (Lipinski definition) is 2. The Bertz CT molecular complexity index is 682. The molecule has 0 spiro atoms. The molecule has 2 unspecified atom stereocenters. The van der Waals surface area contributed by atoms with Crippen molar-refractivity contribution in [2.75, 3.05) is 0 Å². The second-order valence-corrected chi connectivity index (χ2v) is 7.12. The van der Waals surface area contributed by atoms with Crippen LogP contribution in [0.5, 0.6) is 0 Å². The second kappa shape index (κ2) is 5.27. The summed E-state index contributed by atoms with van der Waals surface area (Å²) in [4.78, 5) is 12.5. The van der Waals surface area contributed by atoms with Crippen molar-refractivity contribution in [3.05, 3.63) is 53.3 Å². The fourth-order valence-corrected chi connectivity index (χ4v) is 2.71. The SMILES string of the molecule is Cn1nc(C(C)(C)C)cc1C(=O)NC1CC1c1ccccc1. The largest absolute Gasteiger partial charge is 0.347 e. The van der Waals surface area contributed by atoms with Crippen LogP contribution in [0.25, 0.3) is 0 Å². The van der Waals surface area contributed by atoms with Gasteiger partial charge in [0.2, 0.25) is 0 Å². The molecule has 0 bridgehead atoms. The van der Waals surface area contributed by atoms with Crippen molar-refractivity contribution >= 4 is 5.91 Å². The van der Waals surface area contributed by atoms with E-state index >= 15 is 0 Å². The van der Waals surface area contributed by atoms with Crippen LogP contribution in [0.15, 0.2) is 36.4 Å². The van der Waals surface area contributed by atoms with E-state index in [0.29, 0.717) is 11.6 Å². The monoisotopic (exact) mass is 297 g/mol. The summed E-state index contributed by atoms with van der Waals surface area (Å²) in [7, 11) is 1.83. The topological polar surface area (TPSA) is 46.9 Å². The summed E-state index contributed by atoms with van der Waals surface area (Å²) >= 11 is 0. The first kappa shape index (κ1) is 14.8. The van der Waals surface area contributed by atoms with Crippen LogP contribution >= 0.6 is 0 Å². The third kappa shape index (κ3) is 2.91. The van der Waals surface area contributed by atoms with Gasteiger partial charge in [0.1, 0.15) is 5.69 Å². The molecule has 1 N–H and O–H groups in total. The Kier molecular flexibility index (Phi) is 3.55. The van der Waals surface area contributed by atoms with E-state index in [1.54, 1.807) is 4.68 Å². The lowest BCUT2D eigenvalue weighted by Gasteiger charge is -2.13. The van der Waals surface area contributed by atoms with Crippen molar-refractivity contribution in [2.45, 2.75) is 44.6 Å². The van der Waals surface area contributed by atoms with Crippen LogP contribution in [0, 0.1) is 0 Å². The van der Waals surface area contributed by atoms with Gasteiger partial charge in [0.25, 0.3) is 5.91 Å². The Morgan fingerprint density at radius 3 is 2.55 bits per heavy atom. The number of hydrogen-bond donors (Lipinski definition) is 1. The molecule has 116 valence electrons. The van der Waals surface area contributed by atoms with E-state index in [2.05, 4.69) is 43.3 Å². The highest BCUT2D eigenvalue weighted by Crippen LogP contribution is 2.40. The Hall–Kier alpha value is -2.10. The maximum Gasteiger partial charge on any atom is 0.269 e. The van der Waals surface area contributed by atoms with E-state index < -0.39 is 0 Å². The zero-order valence-corrected chi connectivity index (χ0v) is 13.6. The average molecular weight is 297 g/mol. The summed E-state index contributed by atoms with van der Waals surface area (Å²) < 4.78 is 1.68. The van der Waals surface area contributed by atoms with E-state index in [-0.39, 0.29) is 17.4 Å². The highest BCUT2D eigenvalue weighted by atomic mass is 16.2. The quantitative estimate of drug-likeness (QED) is 0.946. The van der Waals surface area contributed by atoms with Crippen LogP contribution in [0.2, 0.25) is 0 Å². The van der Waals surface area contributed by atoms with E-state index in [4.69, 9.17) is 0 Å². The molecule has 2 atom stereocenters. The minimum absolute atomic E-state index is 0.0334. The van der Waals surface area contributed by atoms with E-state index in [1.807, 2.05) is 31.3 Å². The number of amides is 1. The molecule has 1 aliphatic rings. The Balaban J connectivity index is 1.68. The standard InChI is InChI=1S/C18H23N3O/c1-18(2,3)16-11-15(21(4)20-16)17(22)19-14-10-13(14)12-8-6-5-7-9-12/h5-9,11,13-14H,10H2,1-4H3,(H,19,22). The molecule has 4 nitrogen and oxygen atoms in total. The first-order valence-electron chi connectivity index (χ1n) is 7.76.